The number of hydrogen-bond donors (Lipinski definition) is 1. The third kappa shape index (κ3) is 2.90. The van der Waals surface area contributed by atoms with Crippen LogP contribution in [0.4, 0.5) is 5.69 Å². The lowest BCUT2D eigenvalue weighted by atomic mass is 10.1. The Morgan fingerprint density at radius 2 is 2.36 bits per heavy atom. The Hall–Kier alpha value is -1.27. The fourth-order valence-corrected chi connectivity index (χ4v) is 1.24. The second-order valence-corrected chi connectivity index (χ2v) is 4.13. The molecule has 72 valence electrons. The number of hydrogen-bond acceptors (Lipinski definition) is 2. The van der Waals surface area contributed by atoms with Gasteiger partial charge in [0, 0.05) is 16.7 Å². The van der Waals surface area contributed by atoms with Gasteiger partial charge in [0.05, 0.1) is 11.6 Å². The highest BCUT2D eigenvalue weighted by Gasteiger charge is 1.98. The molecule has 0 unspecified atom stereocenters. The minimum Gasteiger partial charge on any atom is -0.380 e. The normalized spacial score (nSPS) is 9.21. The van der Waals surface area contributed by atoms with E-state index in [9.17, 15) is 0 Å². The maximum atomic E-state index is 8.74. The summed E-state index contributed by atoms with van der Waals surface area (Å²) in [4.78, 5) is 0. The zero-order chi connectivity index (χ0) is 10.6. The monoisotopic (exact) mass is 250 g/mol. The SMILES string of the molecule is C=C(Br)CNc1ccc(C#N)c(C)c1. The van der Waals surface area contributed by atoms with E-state index in [-0.39, 0.29) is 0 Å². The average Bonchev–Trinajstić information content (AvgIpc) is 2.15. The van der Waals surface area contributed by atoms with E-state index in [0.29, 0.717) is 12.1 Å². The predicted molar refractivity (Wildman–Crippen MR) is 62.5 cm³/mol. The Morgan fingerprint density at radius 3 is 2.86 bits per heavy atom. The summed E-state index contributed by atoms with van der Waals surface area (Å²) in [7, 11) is 0. The highest BCUT2D eigenvalue weighted by Crippen LogP contribution is 2.15. The van der Waals surface area contributed by atoms with Gasteiger partial charge in [-0.1, -0.05) is 22.5 Å². The molecule has 1 N–H and O–H groups in total. The largest absolute Gasteiger partial charge is 0.380 e. The van der Waals surface area contributed by atoms with E-state index in [0.717, 1.165) is 15.7 Å². The molecular formula is C11H11BrN2. The number of benzene rings is 1. The molecule has 14 heavy (non-hydrogen) atoms. The van der Waals surface area contributed by atoms with E-state index in [1.54, 1.807) is 0 Å². The molecule has 0 atom stereocenters. The zero-order valence-corrected chi connectivity index (χ0v) is 9.56. The number of rotatable bonds is 3. The van der Waals surface area contributed by atoms with Crippen molar-refractivity contribution in [3.8, 4) is 6.07 Å². The van der Waals surface area contributed by atoms with E-state index < -0.39 is 0 Å². The van der Waals surface area contributed by atoms with Crippen LogP contribution in [0, 0.1) is 18.3 Å². The summed E-state index contributed by atoms with van der Waals surface area (Å²) in [6, 6.07) is 7.79. The van der Waals surface area contributed by atoms with Gasteiger partial charge in [-0.05, 0) is 30.7 Å². The van der Waals surface area contributed by atoms with E-state index in [1.165, 1.54) is 0 Å². The molecule has 0 fully saturated rings. The van der Waals surface area contributed by atoms with Crippen LogP contribution in [0.25, 0.3) is 0 Å². The summed E-state index contributed by atoms with van der Waals surface area (Å²) >= 11 is 3.27. The molecule has 0 bridgehead atoms. The molecule has 0 aliphatic carbocycles. The first-order valence-corrected chi connectivity index (χ1v) is 5.00. The summed E-state index contributed by atoms with van der Waals surface area (Å²) < 4.78 is 0.902. The number of aryl methyl sites for hydroxylation is 1. The quantitative estimate of drug-likeness (QED) is 0.895. The topological polar surface area (TPSA) is 35.8 Å². The Kier molecular flexibility index (Phi) is 3.73. The lowest BCUT2D eigenvalue weighted by Crippen LogP contribution is -2.00. The molecule has 0 saturated carbocycles. The van der Waals surface area contributed by atoms with E-state index in [4.69, 9.17) is 5.26 Å². The van der Waals surface area contributed by atoms with Crippen LogP contribution in [0.15, 0.2) is 29.3 Å². The molecule has 2 nitrogen and oxygen atoms in total. The number of nitrogens with one attached hydrogen (secondary N) is 1. The summed E-state index contributed by atoms with van der Waals surface area (Å²) in [6.07, 6.45) is 0. The molecule has 0 saturated heterocycles. The number of nitrogens with zero attached hydrogens (tertiary/aromatic N) is 1. The first-order valence-electron chi connectivity index (χ1n) is 4.21. The fourth-order valence-electron chi connectivity index (χ4n) is 1.10. The van der Waals surface area contributed by atoms with Gasteiger partial charge in [-0.2, -0.15) is 5.26 Å². The predicted octanol–water partition coefficient (Wildman–Crippen LogP) is 3.19. The summed E-state index contributed by atoms with van der Waals surface area (Å²) in [5.74, 6) is 0. The second-order valence-electron chi connectivity index (χ2n) is 3.01. The standard InChI is InChI=1S/C11H11BrN2/c1-8-5-11(14-7-9(2)12)4-3-10(8)6-13/h3-5,14H,2,7H2,1H3. The smallest absolute Gasteiger partial charge is 0.0994 e. The van der Waals surface area contributed by atoms with Gasteiger partial charge < -0.3 is 5.32 Å². The van der Waals surface area contributed by atoms with Crippen LogP contribution in [0.2, 0.25) is 0 Å². The van der Waals surface area contributed by atoms with Crippen LogP contribution in [-0.4, -0.2) is 6.54 Å². The third-order valence-electron chi connectivity index (χ3n) is 1.83. The van der Waals surface area contributed by atoms with Gasteiger partial charge >= 0.3 is 0 Å². The van der Waals surface area contributed by atoms with Gasteiger partial charge in [0.15, 0.2) is 0 Å². The number of halogens is 1. The molecule has 0 aliphatic rings. The van der Waals surface area contributed by atoms with Crippen molar-refractivity contribution in [2.45, 2.75) is 6.92 Å². The van der Waals surface area contributed by atoms with E-state index in [1.807, 2.05) is 25.1 Å². The Labute approximate surface area is 92.4 Å². The Morgan fingerprint density at radius 1 is 1.64 bits per heavy atom. The van der Waals surface area contributed by atoms with Crippen molar-refractivity contribution in [3.05, 3.63) is 40.4 Å². The molecule has 0 spiro atoms. The molecule has 1 aromatic rings. The third-order valence-corrected chi connectivity index (χ3v) is 2.11. The van der Waals surface area contributed by atoms with Crippen molar-refractivity contribution in [1.29, 1.82) is 5.26 Å². The Bertz CT molecular complexity index is 391. The second kappa shape index (κ2) is 4.83. The Balaban J connectivity index is 2.77. The van der Waals surface area contributed by atoms with Gasteiger partial charge in [-0.15, -0.1) is 0 Å². The van der Waals surface area contributed by atoms with Crippen LogP contribution in [0.3, 0.4) is 0 Å². The molecule has 0 radical (unpaired) electrons. The van der Waals surface area contributed by atoms with Gasteiger partial charge in [0.1, 0.15) is 0 Å². The lowest BCUT2D eigenvalue weighted by Gasteiger charge is -2.06. The van der Waals surface area contributed by atoms with Crippen molar-refractivity contribution >= 4 is 21.6 Å². The molecule has 0 heterocycles. The van der Waals surface area contributed by atoms with Crippen molar-refractivity contribution in [2.24, 2.45) is 0 Å². The van der Waals surface area contributed by atoms with Crippen molar-refractivity contribution in [1.82, 2.24) is 0 Å². The van der Waals surface area contributed by atoms with Crippen LogP contribution in [0.5, 0.6) is 0 Å². The van der Waals surface area contributed by atoms with Crippen molar-refractivity contribution in [3.63, 3.8) is 0 Å². The van der Waals surface area contributed by atoms with Crippen molar-refractivity contribution < 1.29 is 0 Å². The average molecular weight is 251 g/mol. The maximum absolute atomic E-state index is 8.74. The highest BCUT2D eigenvalue weighted by molar-refractivity contribution is 9.11. The highest BCUT2D eigenvalue weighted by atomic mass is 79.9. The molecule has 0 aromatic heterocycles. The van der Waals surface area contributed by atoms with Gasteiger partial charge in [0.2, 0.25) is 0 Å². The van der Waals surface area contributed by atoms with Crippen molar-refractivity contribution in [2.75, 3.05) is 11.9 Å². The molecular weight excluding hydrogens is 240 g/mol. The lowest BCUT2D eigenvalue weighted by molar-refractivity contribution is 1.30. The number of nitriles is 1. The molecule has 1 aromatic carbocycles. The summed E-state index contributed by atoms with van der Waals surface area (Å²) in [5, 5.41) is 11.9. The van der Waals surface area contributed by atoms with Crippen LogP contribution in [-0.2, 0) is 0 Å². The zero-order valence-electron chi connectivity index (χ0n) is 7.97. The van der Waals surface area contributed by atoms with Gasteiger partial charge in [-0.25, -0.2) is 0 Å². The molecule has 3 heteroatoms. The summed E-state index contributed by atoms with van der Waals surface area (Å²) in [6.45, 7) is 6.34. The molecule has 1 rings (SSSR count). The minimum absolute atomic E-state index is 0.686. The number of anilines is 1. The van der Waals surface area contributed by atoms with Crippen LogP contribution < -0.4 is 5.32 Å². The van der Waals surface area contributed by atoms with Gasteiger partial charge in [-0.3, -0.25) is 0 Å². The van der Waals surface area contributed by atoms with E-state index in [2.05, 4.69) is 33.9 Å². The maximum Gasteiger partial charge on any atom is 0.0994 e. The molecule has 0 amide bonds. The minimum atomic E-state index is 0.686. The molecule has 0 aliphatic heterocycles. The van der Waals surface area contributed by atoms with E-state index >= 15 is 0 Å². The fraction of sp³-hybridized carbons (Fsp3) is 0.182. The first-order chi connectivity index (χ1) is 6.63. The van der Waals surface area contributed by atoms with Crippen LogP contribution in [0.1, 0.15) is 11.1 Å². The first kappa shape index (κ1) is 10.8. The van der Waals surface area contributed by atoms with Gasteiger partial charge in [0.25, 0.3) is 0 Å². The van der Waals surface area contributed by atoms with Crippen LogP contribution >= 0.6 is 15.9 Å². The summed E-state index contributed by atoms with van der Waals surface area (Å²) in [5.41, 5.74) is 2.70.